The number of nitrogens with one attached hydrogen (secondary N) is 2. The maximum atomic E-state index is 12.9. The van der Waals surface area contributed by atoms with Gasteiger partial charge in [-0.2, -0.15) is 15.0 Å². The van der Waals surface area contributed by atoms with Crippen molar-refractivity contribution in [3.8, 4) is 0 Å². The molecule has 2 fully saturated rings. The first-order valence-corrected chi connectivity index (χ1v) is 14.5. The van der Waals surface area contributed by atoms with Crippen molar-refractivity contribution < 1.29 is 19.4 Å². The number of nitrogens with zero attached hydrogens (tertiary/aromatic N) is 6. The molecule has 0 spiro atoms. The number of hydrogen-bond donors (Lipinski definition) is 3. The zero-order valence-corrected chi connectivity index (χ0v) is 23.9. The first-order chi connectivity index (χ1) is 19.5. The second-order valence-electron chi connectivity index (χ2n) is 9.53. The molecule has 14 heteroatoms. The predicted molar refractivity (Wildman–Crippen MR) is 154 cm³/mol. The molecule has 3 N–H and O–H groups in total. The first-order valence-electron chi connectivity index (χ1n) is 13.3. The van der Waals surface area contributed by atoms with Gasteiger partial charge in [0.2, 0.25) is 11.9 Å². The number of amides is 1. The number of aryl methyl sites for hydroxylation is 2. The highest BCUT2D eigenvalue weighted by Crippen LogP contribution is 2.28. The van der Waals surface area contributed by atoms with Crippen LogP contribution < -0.4 is 15.5 Å². The fraction of sp³-hybridized carbons (Fsp3) is 0.500. The highest BCUT2D eigenvalue weighted by molar-refractivity contribution is 7.17. The number of aliphatic hydroxyl groups is 1. The van der Waals surface area contributed by atoms with Gasteiger partial charge in [-0.15, -0.1) is 0 Å². The quantitative estimate of drug-likeness (QED) is 0.322. The number of benzene rings is 1. The number of aliphatic hydroxyl groups excluding tert-OH is 1. The van der Waals surface area contributed by atoms with Crippen molar-refractivity contribution in [2.75, 3.05) is 68.1 Å². The molecule has 1 amide bonds. The average molecular weight is 589 g/mol. The molecule has 0 bridgehead atoms. The number of thiazole rings is 1. The van der Waals surface area contributed by atoms with E-state index in [0.717, 1.165) is 38.2 Å². The van der Waals surface area contributed by atoms with Crippen LogP contribution in [0, 0.1) is 6.92 Å². The molecule has 214 valence electrons. The molecule has 4 heterocycles. The van der Waals surface area contributed by atoms with Crippen LogP contribution in [0.4, 0.5) is 22.7 Å². The van der Waals surface area contributed by atoms with E-state index in [4.69, 9.17) is 26.1 Å². The van der Waals surface area contributed by atoms with Crippen LogP contribution in [0.15, 0.2) is 24.4 Å². The number of rotatable bonds is 10. The number of halogens is 1. The average Bonchev–Trinajstić information content (AvgIpc) is 3.43. The number of para-hydroxylation sites is 1. The van der Waals surface area contributed by atoms with E-state index in [2.05, 4.69) is 35.4 Å². The van der Waals surface area contributed by atoms with E-state index in [1.807, 2.05) is 19.1 Å². The Balaban J connectivity index is 1.30. The number of hydrogen-bond acceptors (Lipinski definition) is 12. The minimum atomic E-state index is -0.299. The molecule has 2 aliphatic heterocycles. The summed E-state index contributed by atoms with van der Waals surface area (Å²) >= 11 is 7.47. The lowest BCUT2D eigenvalue weighted by Gasteiger charge is -2.34. The lowest BCUT2D eigenvalue weighted by molar-refractivity contribution is -0.180. The first kappa shape index (κ1) is 28.6. The van der Waals surface area contributed by atoms with Gasteiger partial charge >= 0.3 is 0 Å². The van der Waals surface area contributed by atoms with Gasteiger partial charge in [-0.1, -0.05) is 35.1 Å². The Kier molecular flexibility index (Phi) is 9.73. The van der Waals surface area contributed by atoms with Crippen LogP contribution in [0.5, 0.6) is 0 Å². The van der Waals surface area contributed by atoms with Crippen molar-refractivity contribution in [3.63, 3.8) is 0 Å². The summed E-state index contributed by atoms with van der Waals surface area (Å²) in [5, 5.41) is 16.3. The van der Waals surface area contributed by atoms with Gasteiger partial charge in [0.25, 0.3) is 5.91 Å². The Labute approximate surface area is 241 Å². The summed E-state index contributed by atoms with van der Waals surface area (Å²) in [6, 6.07) is 5.46. The van der Waals surface area contributed by atoms with E-state index in [1.54, 1.807) is 6.07 Å². The maximum Gasteiger partial charge on any atom is 0.267 e. The SMILES string of the molecule is Cc1cccc(Cl)c1NC(=O)c1cnc(Nc2nc(CCC3OCCCO3)nc(N3CCN(CCO)CC3)n2)s1. The smallest absolute Gasteiger partial charge is 0.267 e. The zero-order valence-electron chi connectivity index (χ0n) is 22.3. The van der Waals surface area contributed by atoms with E-state index in [1.165, 1.54) is 17.5 Å². The summed E-state index contributed by atoms with van der Waals surface area (Å²) in [4.78, 5) is 36.1. The molecular formula is C26H33ClN8O4S. The van der Waals surface area contributed by atoms with E-state index in [0.29, 0.717) is 71.0 Å². The highest BCUT2D eigenvalue weighted by Gasteiger charge is 2.22. The Hall–Kier alpha value is -2.94. The molecule has 0 saturated carbocycles. The monoisotopic (exact) mass is 588 g/mol. The minimum Gasteiger partial charge on any atom is -0.395 e. The largest absolute Gasteiger partial charge is 0.395 e. The number of carbonyl (C=O) groups is 1. The van der Waals surface area contributed by atoms with Gasteiger partial charge in [0.1, 0.15) is 10.7 Å². The standard InChI is InChI=1S/C26H33ClN8O4S/c1-17-4-2-5-18(27)22(17)31-23(37)19-16-28-26(40-19)33-24-29-20(6-7-21-38-14-3-15-39-21)30-25(32-24)35-10-8-34(9-11-35)12-13-36/h2,4-5,16,21,36H,3,6-15H2,1H3,(H,31,37)(H,28,29,30,32,33). The topological polar surface area (TPSA) is 138 Å². The summed E-state index contributed by atoms with van der Waals surface area (Å²) in [6.07, 6.45) is 3.33. The number of anilines is 4. The predicted octanol–water partition coefficient (Wildman–Crippen LogP) is 3.10. The Morgan fingerprint density at radius 3 is 2.73 bits per heavy atom. The summed E-state index contributed by atoms with van der Waals surface area (Å²) in [7, 11) is 0. The van der Waals surface area contributed by atoms with E-state index in [-0.39, 0.29) is 18.8 Å². The van der Waals surface area contributed by atoms with Crippen molar-refractivity contribution in [3.05, 3.63) is 45.7 Å². The van der Waals surface area contributed by atoms with Gasteiger partial charge < -0.3 is 24.8 Å². The maximum absolute atomic E-state index is 12.9. The molecule has 2 saturated heterocycles. The third kappa shape index (κ3) is 7.42. The van der Waals surface area contributed by atoms with Crippen LogP contribution in [-0.2, 0) is 15.9 Å². The van der Waals surface area contributed by atoms with Crippen molar-refractivity contribution in [1.82, 2.24) is 24.8 Å². The molecule has 5 rings (SSSR count). The molecule has 12 nitrogen and oxygen atoms in total. The molecule has 2 aromatic heterocycles. The lowest BCUT2D eigenvalue weighted by Crippen LogP contribution is -2.47. The third-order valence-electron chi connectivity index (χ3n) is 6.65. The molecule has 2 aliphatic rings. The minimum absolute atomic E-state index is 0.140. The van der Waals surface area contributed by atoms with Crippen molar-refractivity contribution in [1.29, 1.82) is 0 Å². The van der Waals surface area contributed by atoms with Crippen LogP contribution in [-0.4, -0.2) is 94.7 Å². The van der Waals surface area contributed by atoms with Gasteiger partial charge in [-0.3, -0.25) is 15.0 Å². The van der Waals surface area contributed by atoms with E-state index < -0.39 is 0 Å². The summed E-state index contributed by atoms with van der Waals surface area (Å²) in [5.74, 6) is 1.25. The summed E-state index contributed by atoms with van der Waals surface area (Å²) < 4.78 is 11.4. The molecule has 3 aromatic rings. The van der Waals surface area contributed by atoms with Gasteiger partial charge in [0.05, 0.1) is 36.7 Å². The van der Waals surface area contributed by atoms with Gasteiger partial charge in [-0.05, 0) is 25.0 Å². The van der Waals surface area contributed by atoms with Gasteiger partial charge in [0.15, 0.2) is 11.4 Å². The summed E-state index contributed by atoms with van der Waals surface area (Å²) in [5.41, 5.74) is 1.45. The Morgan fingerprint density at radius 1 is 1.18 bits per heavy atom. The fourth-order valence-corrected chi connectivity index (χ4v) is 5.45. The highest BCUT2D eigenvalue weighted by atomic mass is 35.5. The van der Waals surface area contributed by atoms with Gasteiger partial charge in [-0.25, -0.2) is 4.98 Å². The molecule has 0 aliphatic carbocycles. The number of aromatic nitrogens is 4. The van der Waals surface area contributed by atoms with E-state index in [9.17, 15) is 9.90 Å². The zero-order chi connectivity index (χ0) is 27.9. The van der Waals surface area contributed by atoms with Crippen molar-refractivity contribution in [2.24, 2.45) is 0 Å². The molecule has 0 radical (unpaired) electrons. The van der Waals surface area contributed by atoms with Crippen LogP contribution >= 0.6 is 22.9 Å². The van der Waals surface area contributed by atoms with Gasteiger partial charge in [0, 0.05) is 45.6 Å². The van der Waals surface area contributed by atoms with E-state index >= 15 is 0 Å². The number of carbonyl (C=O) groups excluding carboxylic acids is 1. The Bertz CT molecular complexity index is 1280. The number of piperazine rings is 1. The Morgan fingerprint density at radius 2 is 1.98 bits per heavy atom. The van der Waals surface area contributed by atoms with Crippen LogP contribution in [0.25, 0.3) is 0 Å². The third-order valence-corrected chi connectivity index (χ3v) is 7.88. The van der Waals surface area contributed by atoms with Crippen molar-refractivity contribution >= 4 is 51.6 Å². The number of ether oxygens (including phenoxy) is 2. The second-order valence-corrected chi connectivity index (χ2v) is 11.0. The normalized spacial score (nSPS) is 16.7. The number of β-amino-alcohol motifs (C(OH)–C–C–N with tert-alkyl or cyclic N) is 1. The molecule has 40 heavy (non-hydrogen) atoms. The van der Waals surface area contributed by atoms with Crippen LogP contribution in [0.3, 0.4) is 0 Å². The lowest BCUT2D eigenvalue weighted by atomic mass is 10.2. The molecular weight excluding hydrogens is 556 g/mol. The molecule has 0 atom stereocenters. The molecule has 0 unspecified atom stereocenters. The van der Waals surface area contributed by atoms with Crippen molar-refractivity contribution in [2.45, 2.75) is 32.5 Å². The van der Waals surface area contributed by atoms with Crippen LogP contribution in [0.2, 0.25) is 5.02 Å². The van der Waals surface area contributed by atoms with Crippen LogP contribution in [0.1, 0.15) is 33.9 Å². The fourth-order valence-electron chi connectivity index (χ4n) is 4.48. The summed E-state index contributed by atoms with van der Waals surface area (Å²) in [6.45, 7) is 7.15. The molecule has 1 aromatic carbocycles. The second kappa shape index (κ2) is 13.6.